The van der Waals surface area contributed by atoms with E-state index in [4.69, 9.17) is 9.26 Å². The van der Waals surface area contributed by atoms with Gasteiger partial charge in [0.2, 0.25) is 10.0 Å². The molecule has 2 heterocycles. The second kappa shape index (κ2) is 6.94. The zero-order valence-corrected chi connectivity index (χ0v) is 14.8. The molecule has 7 heteroatoms. The molecule has 6 nitrogen and oxygen atoms in total. The Morgan fingerprint density at radius 1 is 1.21 bits per heavy atom. The third-order valence-electron chi connectivity index (χ3n) is 4.36. The Balaban J connectivity index is 1.97. The van der Waals surface area contributed by atoms with Gasteiger partial charge in [-0.2, -0.15) is 4.31 Å². The van der Waals surface area contributed by atoms with Crippen molar-refractivity contribution in [1.82, 2.24) is 9.46 Å². The van der Waals surface area contributed by atoms with E-state index < -0.39 is 10.0 Å². The first-order valence-corrected chi connectivity index (χ1v) is 9.55. The molecule has 1 atom stereocenters. The average molecular weight is 350 g/mol. The molecule has 0 saturated carbocycles. The van der Waals surface area contributed by atoms with Crippen LogP contribution in [0.5, 0.6) is 5.75 Å². The molecule has 1 aromatic carbocycles. The Morgan fingerprint density at radius 2 is 1.96 bits per heavy atom. The Bertz CT molecular complexity index is 783. The molecule has 1 aliphatic heterocycles. The van der Waals surface area contributed by atoms with Crippen molar-refractivity contribution in [2.24, 2.45) is 0 Å². The standard InChI is InChI=1S/C17H22N2O4S/c1-13-12-16(18-23-13)17-6-4-3-5-11-19(17)24(20,21)15-9-7-14(22-2)8-10-15/h7-10,12,17H,3-6,11H2,1-2H3/t17-/m0/s1. The molecular formula is C17H22N2O4S. The minimum absolute atomic E-state index is 0.274. The van der Waals surface area contributed by atoms with Crippen molar-refractivity contribution in [1.29, 1.82) is 0 Å². The van der Waals surface area contributed by atoms with E-state index in [9.17, 15) is 8.42 Å². The number of ether oxygens (including phenoxy) is 1. The van der Waals surface area contributed by atoms with Crippen molar-refractivity contribution in [3.8, 4) is 5.75 Å². The smallest absolute Gasteiger partial charge is 0.243 e. The molecular weight excluding hydrogens is 328 g/mol. The fraction of sp³-hybridized carbons (Fsp3) is 0.471. The summed E-state index contributed by atoms with van der Waals surface area (Å²) in [6.45, 7) is 2.31. The van der Waals surface area contributed by atoms with E-state index in [1.165, 1.54) is 0 Å². The highest BCUT2D eigenvalue weighted by Crippen LogP contribution is 2.34. The Morgan fingerprint density at radius 3 is 2.58 bits per heavy atom. The van der Waals surface area contributed by atoms with E-state index >= 15 is 0 Å². The third kappa shape index (κ3) is 3.32. The summed E-state index contributed by atoms with van der Waals surface area (Å²) in [6, 6.07) is 8.05. The molecule has 0 N–H and O–H groups in total. The van der Waals surface area contributed by atoms with Gasteiger partial charge in [-0.25, -0.2) is 8.42 Å². The lowest BCUT2D eigenvalue weighted by molar-refractivity contribution is 0.304. The lowest BCUT2D eigenvalue weighted by Crippen LogP contribution is -2.35. The Labute approximate surface area is 142 Å². The van der Waals surface area contributed by atoms with Gasteiger partial charge >= 0.3 is 0 Å². The first-order chi connectivity index (χ1) is 11.5. The van der Waals surface area contributed by atoms with Gasteiger partial charge in [0.25, 0.3) is 0 Å². The molecule has 2 aromatic rings. The fourth-order valence-electron chi connectivity index (χ4n) is 3.09. The maximum atomic E-state index is 13.2. The van der Waals surface area contributed by atoms with E-state index in [0.717, 1.165) is 25.7 Å². The van der Waals surface area contributed by atoms with E-state index in [2.05, 4.69) is 5.16 Å². The quantitative estimate of drug-likeness (QED) is 0.846. The molecule has 0 amide bonds. The van der Waals surface area contributed by atoms with Crippen molar-refractivity contribution in [3.05, 3.63) is 41.8 Å². The molecule has 3 rings (SSSR count). The minimum atomic E-state index is -3.60. The minimum Gasteiger partial charge on any atom is -0.497 e. The average Bonchev–Trinajstić information content (AvgIpc) is 2.86. The van der Waals surface area contributed by atoms with Crippen LogP contribution in [0.4, 0.5) is 0 Å². The Kier molecular flexibility index (Phi) is 4.91. The van der Waals surface area contributed by atoms with Crippen LogP contribution in [0, 0.1) is 6.92 Å². The van der Waals surface area contributed by atoms with Gasteiger partial charge in [0.15, 0.2) is 0 Å². The highest BCUT2D eigenvalue weighted by molar-refractivity contribution is 7.89. The van der Waals surface area contributed by atoms with Gasteiger partial charge in [-0.3, -0.25) is 0 Å². The highest BCUT2D eigenvalue weighted by atomic mass is 32.2. The molecule has 130 valence electrons. The summed E-state index contributed by atoms with van der Waals surface area (Å²) in [4.78, 5) is 0.274. The third-order valence-corrected chi connectivity index (χ3v) is 6.28. The molecule has 0 aliphatic carbocycles. The van der Waals surface area contributed by atoms with Gasteiger partial charge in [0.05, 0.1) is 18.0 Å². The van der Waals surface area contributed by atoms with Crippen molar-refractivity contribution < 1.29 is 17.7 Å². The van der Waals surface area contributed by atoms with Crippen LogP contribution < -0.4 is 4.74 Å². The van der Waals surface area contributed by atoms with Crippen LogP contribution in [-0.4, -0.2) is 31.5 Å². The van der Waals surface area contributed by atoms with E-state index in [-0.39, 0.29) is 10.9 Å². The van der Waals surface area contributed by atoms with Crippen LogP contribution in [0.2, 0.25) is 0 Å². The normalized spacial score (nSPS) is 19.8. The van der Waals surface area contributed by atoms with E-state index in [1.807, 2.05) is 13.0 Å². The molecule has 1 aliphatic rings. The number of methoxy groups -OCH3 is 1. The van der Waals surface area contributed by atoms with E-state index in [1.54, 1.807) is 35.7 Å². The summed E-state index contributed by atoms with van der Waals surface area (Å²) in [7, 11) is -2.05. The number of sulfonamides is 1. The first-order valence-electron chi connectivity index (χ1n) is 8.11. The van der Waals surface area contributed by atoms with Crippen LogP contribution in [0.3, 0.4) is 0 Å². The molecule has 0 unspecified atom stereocenters. The van der Waals surface area contributed by atoms with Crippen LogP contribution in [0.1, 0.15) is 43.2 Å². The summed E-state index contributed by atoms with van der Waals surface area (Å²) in [5, 5.41) is 4.06. The molecule has 0 radical (unpaired) electrons. The number of aromatic nitrogens is 1. The van der Waals surface area contributed by atoms with E-state index in [0.29, 0.717) is 23.7 Å². The Hall–Kier alpha value is -1.86. The second-order valence-corrected chi connectivity index (χ2v) is 7.91. The number of hydrogen-bond donors (Lipinski definition) is 0. The van der Waals surface area contributed by atoms with Crippen LogP contribution in [-0.2, 0) is 10.0 Å². The van der Waals surface area contributed by atoms with Crippen molar-refractivity contribution >= 4 is 10.0 Å². The number of nitrogens with zero attached hydrogens (tertiary/aromatic N) is 2. The van der Waals surface area contributed by atoms with Crippen LogP contribution in [0.15, 0.2) is 39.8 Å². The van der Waals surface area contributed by atoms with Gasteiger partial charge in [0.1, 0.15) is 17.2 Å². The molecule has 1 aromatic heterocycles. The van der Waals surface area contributed by atoms with Crippen molar-refractivity contribution in [2.45, 2.75) is 43.5 Å². The number of aryl methyl sites for hydroxylation is 1. The van der Waals surface area contributed by atoms with Crippen molar-refractivity contribution in [2.75, 3.05) is 13.7 Å². The summed E-state index contributed by atoms with van der Waals surface area (Å²) in [5.74, 6) is 1.32. The summed E-state index contributed by atoms with van der Waals surface area (Å²) in [6.07, 6.45) is 3.59. The van der Waals surface area contributed by atoms with Gasteiger partial charge in [-0.1, -0.05) is 18.0 Å². The maximum absolute atomic E-state index is 13.2. The first kappa shape index (κ1) is 17.0. The largest absolute Gasteiger partial charge is 0.497 e. The van der Waals surface area contributed by atoms with Crippen molar-refractivity contribution in [3.63, 3.8) is 0 Å². The zero-order valence-electron chi connectivity index (χ0n) is 13.9. The molecule has 1 saturated heterocycles. The molecule has 0 bridgehead atoms. The van der Waals surface area contributed by atoms with Gasteiger partial charge in [0, 0.05) is 12.6 Å². The molecule has 0 spiro atoms. The molecule has 24 heavy (non-hydrogen) atoms. The predicted octanol–water partition coefficient (Wildman–Crippen LogP) is 3.30. The fourth-order valence-corrected chi connectivity index (χ4v) is 4.76. The lowest BCUT2D eigenvalue weighted by Gasteiger charge is -2.27. The van der Waals surface area contributed by atoms with Crippen LogP contribution >= 0.6 is 0 Å². The van der Waals surface area contributed by atoms with Gasteiger partial charge < -0.3 is 9.26 Å². The summed E-state index contributed by atoms with van der Waals surface area (Å²) < 4.78 is 38.2. The SMILES string of the molecule is COc1ccc(S(=O)(=O)N2CCCCC[C@H]2c2cc(C)on2)cc1. The monoisotopic (exact) mass is 350 g/mol. The number of hydrogen-bond acceptors (Lipinski definition) is 5. The highest BCUT2D eigenvalue weighted by Gasteiger charge is 2.35. The summed E-state index contributed by atoms with van der Waals surface area (Å²) >= 11 is 0. The van der Waals surface area contributed by atoms with Gasteiger partial charge in [-0.05, 0) is 44.0 Å². The second-order valence-electron chi connectivity index (χ2n) is 6.02. The number of rotatable bonds is 4. The predicted molar refractivity (Wildman–Crippen MR) is 89.3 cm³/mol. The summed E-state index contributed by atoms with van der Waals surface area (Å²) in [5.41, 5.74) is 0.687. The number of benzene rings is 1. The topological polar surface area (TPSA) is 72.6 Å². The maximum Gasteiger partial charge on any atom is 0.243 e. The van der Waals surface area contributed by atoms with Gasteiger partial charge in [-0.15, -0.1) is 0 Å². The van der Waals surface area contributed by atoms with Crippen LogP contribution in [0.25, 0.3) is 0 Å². The molecule has 1 fully saturated rings. The lowest BCUT2D eigenvalue weighted by atomic mass is 10.1. The zero-order chi connectivity index (χ0) is 17.2.